The first-order valence-corrected chi connectivity index (χ1v) is 6.89. The van der Waals surface area contributed by atoms with Gasteiger partial charge in [-0.15, -0.1) is 0 Å². The Kier molecular flexibility index (Phi) is 3.23. The Morgan fingerprint density at radius 1 is 1.37 bits per heavy atom. The standard InChI is InChI=1S/C15H19N3O/c1-11-9-16-14(17-11)15(19)18-8-7-13(10-18)12-5-3-2-4-6-12/h2-6,11,13H,7-10H2,1H3,(H,16,17). The van der Waals surface area contributed by atoms with Crippen LogP contribution in [0, 0.1) is 0 Å². The third kappa shape index (κ3) is 2.48. The Morgan fingerprint density at radius 3 is 2.84 bits per heavy atom. The van der Waals surface area contributed by atoms with Gasteiger partial charge in [0, 0.05) is 25.0 Å². The Morgan fingerprint density at radius 2 is 2.16 bits per heavy atom. The maximum Gasteiger partial charge on any atom is 0.288 e. The number of rotatable bonds is 2. The molecular weight excluding hydrogens is 238 g/mol. The van der Waals surface area contributed by atoms with Crippen molar-refractivity contribution >= 4 is 11.7 Å². The minimum Gasteiger partial charge on any atom is -0.361 e. The number of nitrogens with one attached hydrogen (secondary N) is 1. The van der Waals surface area contributed by atoms with E-state index in [0.29, 0.717) is 18.3 Å². The average molecular weight is 257 g/mol. The van der Waals surface area contributed by atoms with Gasteiger partial charge in [0.15, 0.2) is 5.84 Å². The average Bonchev–Trinajstić information content (AvgIpc) is 3.08. The molecule has 100 valence electrons. The van der Waals surface area contributed by atoms with E-state index in [4.69, 9.17) is 0 Å². The molecule has 2 atom stereocenters. The molecule has 0 aromatic heterocycles. The molecule has 19 heavy (non-hydrogen) atoms. The Balaban J connectivity index is 1.65. The molecule has 3 rings (SSSR count). The third-order valence-corrected chi connectivity index (χ3v) is 3.86. The van der Waals surface area contributed by atoms with Crippen LogP contribution < -0.4 is 5.32 Å². The van der Waals surface area contributed by atoms with Gasteiger partial charge in [-0.2, -0.15) is 0 Å². The van der Waals surface area contributed by atoms with Crippen LogP contribution in [-0.2, 0) is 4.79 Å². The molecular formula is C15H19N3O. The summed E-state index contributed by atoms with van der Waals surface area (Å²) in [6.45, 7) is 4.38. The van der Waals surface area contributed by atoms with Crippen LogP contribution in [0.4, 0.5) is 0 Å². The van der Waals surface area contributed by atoms with Crippen molar-refractivity contribution in [3.63, 3.8) is 0 Å². The molecule has 1 amide bonds. The fourth-order valence-electron chi connectivity index (χ4n) is 2.77. The van der Waals surface area contributed by atoms with Gasteiger partial charge >= 0.3 is 0 Å². The predicted octanol–water partition coefficient (Wildman–Crippen LogP) is 1.39. The van der Waals surface area contributed by atoms with Gasteiger partial charge in [-0.3, -0.25) is 9.79 Å². The summed E-state index contributed by atoms with van der Waals surface area (Å²) in [6.07, 6.45) is 1.04. The molecule has 0 saturated carbocycles. The van der Waals surface area contributed by atoms with Crippen LogP contribution >= 0.6 is 0 Å². The van der Waals surface area contributed by atoms with Gasteiger partial charge in [0.1, 0.15) is 0 Å². The largest absolute Gasteiger partial charge is 0.361 e. The van der Waals surface area contributed by atoms with Gasteiger partial charge < -0.3 is 10.2 Å². The number of carbonyl (C=O) groups is 1. The number of amidine groups is 1. The summed E-state index contributed by atoms with van der Waals surface area (Å²) in [5, 5.41) is 3.14. The monoisotopic (exact) mass is 257 g/mol. The molecule has 2 aliphatic rings. The molecule has 1 N–H and O–H groups in total. The molecule has 1 fully saturated rings. The molecule has 1 saturated heterocycles. The van der Waals surface area contributed by atoms with Crippen LogP contribution in [0.5, 0.6) is 0 Å². The van der Waals surface area contributed by atoms with Crippen LogP contribution in [-0.4, -0.2) is 42.3 Å². The van der Waals surface area contributed by atoms with Gasteiger partial charge in [-0.1, -0.05) is 30.3 Å². The maximum absolute atomic E-state index is 12.3. The fraction of sp³-hybridized carbons (Fsp3) is 0.467. The summed E-state index contributed by atoms with van der Waals surface area (Å²) >= 11 is 0. The van der Waals surface area contributed by atoms with Crippen LogP contribution in [0.15, 0.2) is 35.3 Å². The molecule has 0 radical (unpaired) electrons. The molecule has 0 spiro atoms. The van der Waals surface area contributed by atoms with E-state index in [-0.39, 0.29) is 11.9 Å². The topological polar surface area (TPSA) is 44.7 Å². The number of likely N-dealkylation sites (tertiary alicyclic amines) is 1. The fourth-order valence-corrected chi connectivity index (χ4v) is 2.77. The van der Waals surface area contributed by atoms with Crippen molar-refractivity contribution in [2.45, 2.75) is 25.3 Å². The zero-order chi connectivity index (χ0) is 13.2. The summed E-state index contributed by atoms with van der Waals surface area (Å²) < 4.78 is 0. The van der Waals surface area contributed by atoms with Gasteiger partial charge in [-0.05, 0) is 18.9 Å². The number of carbonyl (C=O) groups excluding carboxylic acids is 1. The van der Waals surface area contributed by atoms with Crippen molar-refractivity contribution in [3.8, 4) is 0 Å². The second-order valence-electron chi connectivity index (χ2n) is 5.38. The second kappa shape index (κ2) is 5.03. The molecule has 2 aliphatic heterocycles. The first-order valence-electron chi connectivity index (χ1n) is 6.89. The number of hydrogen-bond acceptors (Lipinski definition) is 3. The molecule has 4 heteroatoms. The Bertz CT molecular complexity index is 497. The lowest BCUT2D eigenvalue weighted by Crippen LogP contribution is -2.42. The second-order valence-corrected chi connectivity index (χ2v) is 5.38. The lowest BCUT2D eigenvalue weighted by atomic mass is 9.99. The van der Waals surface area contributed by atoms with E-state index in [1.54, 1.807) is 0 Å². The summed E-state index contributed by atoms with van der Waals surface area (Å²) in [4.78, 5) is 18.5. The van der Waals surface area contributed by atoms with E-state index < -0.39 is 0 Å². The minimum atomic E-state index is 0.0581. The van der Waals surface area contributed by atoms with Crippen LogP contribution in [0.25, 0.3) is 0 Å². The number of hydrogen-bond donors (Lipinski definition) is 1. The SMILES string of the molecule is CC1CN=C(C(=O)N2CCC(c3ccccc3)C2)N1. The molecule has 2 heterocycles. The highest BCUT2D eigenvalue weighted by Crippen LogP contribution is 2.27. The summed E-state index contributed by atoms with van der Waals surface area (Å²) in [5.74, 6) is 1.06. The number of benzene rings is 1. The van der Waals surface area contributed by atoms with Crippen LogP contribution in [0.3, 0.4) is 0 Å². The molecule has 1 aromatic carbocycles. The highest BCUT2D eigenvalue weighted by molar-refractivity contribution is 6.38. The van der Waals surface area contributed by atoms with E-state index in [2.05, 4.69) is 34.6 Å². The summed E-state index contributed by atoms with van der Waals surface area (Å²) in [7, 11) is 0. The van der Waals surface area contributed by atoms with Gasteiger partial charge in [0.2, 0.25) is 0 Å². The van der Waals surface area contributed by atoms with Crippen molar-refractivity contribution < 1.29 is 4.79 Å². The highest BCUT2D eigenvalue weighted by Gasteiger charge is 2.31. The minimum absolute atomic E-state index is 0.0581. The summed E-state index contributed by atoms with van der Waals surface area (Å²) in [6, 6.07) is 10.7. The van der Waals surface area contributed by atoms with Crippen molar-refractivity contribution in [2.75, 3.05) is 19.6 Å². The zero-order valence-electron chi connectivity index (χ0n) is 11.2. The Hall–Kier alpha value is -1.84. The first-order chi connectivity index (χ1) is 9.24. The van der Waals surface area contributed by atoms with E-state index in [0.717, 1.165) is 19.5 Å². The molecule has 4 nitrogen and oxygen atoms in total. The molecule has 1 aromatic rings. The van der Waals surface area contributed by atoms with E-state index >= 15 is 0 Å². The van der Waals surface area contributed by atoms with Crippen molar-refractivity contribution in [1.29, 1.82) is 0 Å². The van der Waals surface area contributed by atoms with Crippen molar-refractivity contribution in [1.82, 2.24) is 10.2 Å². The first kappa shape index (κ1) is 12.2. The smallest absolute Gasteiger partial charge is 0.288 e. The van der Waals surface area contributed by atoms with E-state index in [1.807, 2.05) is 17.9 Å². The number of amides is 1. The predicted molar refractivity (Wildman–Crippen MR) is 75.3 cm³/mol. The lowest BCUT2D eigenvalue weighted by Gasteiger charge is -2.17. The highest BCUT2D eigenvalue weighted by atomic mass is 16.2. The van der Waals surface area contributed by atoms with E-state index in [9.17, 15) is 4.79 Å². The summed E-state index contributed by atoms with van der Waals surface area (Å²) in [5.41, 5.74) is 1.33. The zero-order valence-corrected chi connectivity index (χ0v) is 11.2. The van der Waals surface area contributed by atoms with Crippen LogP contribution in [0.1, 0.15) is 24.8 Å². The molecule has 2 unspecified atom stereocenters. The van der Waals surface area contributed by atoms with Gasteiger partial charge in [0.05, 0.1) is 6.54 Å². The number of nitrogens with zero attached hydrogens (tertiary/aromatic N) is 2. The van der Waals surface area contributed by atoms with Crippen molar-refractivity contribution in [2.24, 2.45) is 4.99 Å². The molecule has 0 bridgehead atoms. The quantitative estimate of drug-likeness (QED) is 0.870. The maximum atomic E-state index is 12.3. The molecule has 0 aliphatic carbocycles. The number of aliphatic imine (C=N–C) groups is 1. The normalized spacial score (nSPS) is 26.2. The van der Waals surface area contributed by atoms with Crippen LogP contribution in [0.2, 0.25) is 0 Å². The lowest BCUT2D eigenvalue weighted by molar-refractivity contribution is -0.123. The van der Waals surface area contributed by atoms with Gasteiger partial charge in [-0.25, -0.2) is 0 Å². The van der Waals surface area contributed by atoms with E-state index in [1.165, 1.54) is 5.56 Å². The van der Waals surface area contributed by atoms with Gasteiger partial charge in [0.25, 0.3) is 5.91 Å². The van der Waals surface area contributed by atoms with Crippen molar-refractivity contribution in [3.05, 3.63) is 35.9 Å². The Labute approximate surface area is 113 Å². The third-order valence-electron chi connectivity index (χ3n) is 3.86.